The number of sulfonamides is 1. The molecule has 0 radical (unpaired) electrons. The van der Waals surface area contributed by atoms with Crippen LogP contribution in [0.3, 0.4) is 0 Å². The molecule has 0 heterocycles. The van der Waals surface area contributed by atoms with Crippen LogP contribution in [0.25, 0.3) is 0 Å². The van der Waals surface area contributed by atoms with Gasteiger partial charge in [-0.2, -0.15) is 0 Å². The van der Waals surface area contributed by atoms with Gasteiger partial charge in [0.05, 0.1) is 17.1 Å². The summed E-state index contributed by atoms with van der Waals surface area (Å²) >= 11 is 2.89. The molecule has 1 aromatic rings. The number of hydrogen-bond acceptors (Lipinski definition) is 4. The third-order valence-electron chi connectivity index (χ3n) is 2.70. The van der Waals surface area contributed by atoms with Crippen molar-refractivity contribution < 1.29 is 22.3 Å². The summed E-state index contributed by atoms with van der Waals surface area (Å²) in [5.41, 5.74) is -0.437. The van der Waals surface area contributed by atoms with Gasteiger partial charge in [-0.25, -0.2) is 22.7 Å². The summed E-state index contributed by atoms with van der Waals surface area (Å²) in [6, 6.07) is 1.76. The quantitative estimate of drug-likeness (QED) is 0.838. The van der Waals surface area contributed by atoms with E-state index in [2.05, 4.69) is 15.9 Å². The van der Waals surface area contributed by atoms with E-state index in [4.69, 9.17) is 9.88 Å². The van der Waals surface area contributed by atoms with Gasteiger partial charge in [-0.3, -0.25) is 0 Å². The first-order valence-corrected chi connectivity index (χ1v) is 7.82. The summed E-state index contributed by atoms with van der Waals surface area (Å²) in [4.78, 5) is 11.3. The van der Waals surface area contributed by atoms with Gasteiger partial charge in [-0.15, -0.1) is 0 Å². The lowest BCUT2D eigenvalue weighted by atomic mass is 10.2. The maximum atomic E-state index is 13.6. The number of rotatable bonds is 4. The Morgan fingerprint density at radius 1 is 1.47 bits per heavy atom. The number of carbonyl (C=O) groups excluding carboxylic acids is 1. The zero-order chi connectivity index (χ0) is 14.2. The van der Waals surface area contributed by atoms with Crippen molar-refractivity contribution in [2.75, 3.05) is 6.61 Å². The zero-order valence-corrected chi connectivity index (χ0v) is 12.1. The van der Waals surface area contributed by atoms with E-state index >= 15 is 0 Å². The Morgan fingerprint density at radius 2 is 2.11 bits per heavy atom. The van der Waals surface area contributed by atoms with E-state index in [0.717, 1.165) is 25.0 Å². The molecule has 1 fully saturated rings. The van der Waals surface area contributed by atoms with E-state index in [0.29, 0.717) is 5.92 Å². The summed E-state index contributed by atoms with van der Waals surface area (Å²) in [7, 11) is -4.05. The predicted molar refractivity (Wildman–Crippen MR) is 68.5 cm³/mol. The van der Waals surface area contributed by atoms with Crippen LogP contribution in [-0.4, -0.2) is 21.0 Å². The largest absolute Gasteiger partial charge is 0.462 e. The summed E-state index contributed by atoms with van der Waals surface area (Å²) in [5, 5.41) is 4.98. The van der Waals surface area contributed by atoms with E-state index in [1.807, 2.05) is 0 Å². The Morgan fingerprint density at radius 3 is 2.63 bits per heavy atom. The molecular weight excluding hydrogens is 341 g/mol. The third-order valence-corrected chi connectivity index (χ3v) is 4.56. The van der Waals surface area contributed by atoms with Crippen LogP contribution in [-0.2, 0) is 14.8 Å². The Hall–Kier alpha value is -0.990. The molecule has 8 heteroatoms. The molecule has 104 valence electrons. The van der Waals surface area contributed by atoms with Gasteiger partial charge in [0.25, 0.3) is 0 Å². The van der Waals surface area contributed by atoms with Crippen LogP contribution in [0.1, 0.15) is 23.2 Å². The molecule has 0 unspecified atom stereocenters. The van der Waals surface area contributed by atoms with Gasteiger partial charge >= 0.3 is 5.97 Å². The first kappa shape index (κ1) is 14.4. The average molecular weight is 352 g/mol. The van der Waals surface area contributed by atoms with Crippen LogP contribution < -0.4 is 5.14 Å². The van der Waals surface area contributed by atoms with Crippen LogP contribution in [0, 0.1) is 11.7 Å². The average Bonchev–Trinajstić information content (AvgIpc) is 3.07. The SMILES string of the molecule is NS(=O)(=O)c1cc(C(=O)OCC2CC2)c(F)cc1Br. The first-order chi connectivity index (χ1) is 8.79. The number of halogens is 2. The maximum absolute atomic E-state index is 13.6. The second-order valence-corrected chi connectivity index (χ2v) is 6.73. The lowest BCUT2D eigenvalue weighted by molar-refractivity contribution is 0.0480. The van der Waals surface area contributed by atoms with Gasteiger partial charge in [0.1, 0.15) is 5.82 Å². The smallest absolute Gasteiger partial charge is 0.341 e. The van der Waals surface area contributed by atoms with Crippen molar-refractivity contribution in [3.63, 3.8) is 0 Å². The van der Waals surface area contributed by atoms with Crippen molar-refractivity contribution >= 4 is 31.9 Å². The molecule has 0 aliphatic heterocycles. The van der Waals surface area contributed by atoms with Gasteiger partial charge < -0.3 is 4.74 Å². The maximum Gasteiger partial charge on any atom is 0.341 e. The number of hydrogen-bond donors (Lipinski definition) is 1. The lowest BCUT2D eigenvalue weighted by Crippen LogP contribution is -2.16. The van der Waals surface area contributed by atoms with E-state index in [9.17, 15) is 17.6 Å². The molecule has 2 rings (SSSR count). The van der Waals surface area contributed by atoms with Crippen molar-refractivity contribution in [3.8, 4) is 0 Å². The molecule has 0 aromatic heterocycles. The summed E-state index contributed by atoms with van der Waals surface area (Å²) in [5.74, 6) is -1.41. The lowest BCUT2D eigenvalue weighted by Gasteiger charge is -2.08. The van der Waals surface area contributed by atoms with Crippen molar-refractivity contribution in [1.29, 1.82) is 0 Å². The van der Waals surface area contributed by atoms with Crippen molar-refractivity contribution in [3.05, 3.63) is 28.0 Å². The van der Waals surface area contributed by atoms with Crippen LogP contribution >= 0.6 is 15.9 Å². The van der Waals surface area contributed by atoms with Crippen LogP contribution in [0.2, 0.25) is 0 Å². The molecule has 19 heavy (non-hydrogen) atoms. The molecule has 0 spiro atoms. The molecule has 1 saturated carbocycles. The second-order valence-electron chi connectivity index (χ2n) is 4.35. The standard InChI is InChI=1S/C11H11BrFNO4S/c12-8-4-9(13)7(3-10(8)19(14,16)17)11(15)18-5-6-1-2-6/h3-4,6H,1-2,5H2,(H2,14,16,17). The summed E-state index contributed by atoms with van der Waals surface area (Å²) in [6.07, 6.45) is 1.97. The Bertz CT molecular complexity index is 628. The van der Waals surface area contributed by atoms with Crippen LogP contribution in [0.4, 0.5) is 4.39 Å². The van der Waals surface area contributed by atoms with E-state index in [1.54, 1.807) is 0 Å². The number of carbonyl (C=O) groups is 1. The number of nitrogens with two attached hydrogens (primary N) is 1. The zero-order valence-electron chi connectivity index (χ0n) is 9.73. The highest BCUT2D eigenvalue weighted by atomic mass is 79.9. The third kappa shape index (κ3) is 3.52. The van der Waals surface area contributed by atoms with Gasteiger partial charge in [0.2, 0.25) is 10.0 Å². The van der Waals surface area contributed by atoms with Crippen molar-refractivity contribution in [2.24, 2.45) is 11.1 Å². The fourth-order valence-corrected chi connectivity index (χ4v) is 3.06. The van der Waals surface area contributed by atoms with Crippen molar-refractivity contribution in [1.82, 2.24) is 0 Å². The van der Waals surface area contributed by atoms with Gasteiger partial charge in [-0.1, -0.05) is 0 Å². The van der Waals surface area contributed by atoms with Gasteiger partial charge in [0, 0.05) is 4.47 Å². The Balaban J connectivity index is 2.30. The van der Waals surface area contributed by atoms with Gasteiger partial charge in [-0.05, 0) is 46.8 Å². The molecule has 1 aliphatic rings. The molecule has 0 atom stereocenters. The first-order valence-electron chi connectivity index (χ1n) is 5.48. The predicted octanol–water partition coefficient (Wildman–Crippen LogP) is 1.80. The second kappa shape index (κ2) is 5.18. The molecule has 1 aliphatic carbocycles. The fraction of sp³-hybridized carbons (Fsp3) is 0.364. The van der Waals surface area contributed by atoms with Crippen molar-refractivity contribution in [2.45, 2.75) is 17.7 Å². The summed E-state index contributed by atoms with van der Waals surface area (Å²) in [6.45, 7) is 0.221. The molecular formula is C11H11BrFNO4S. The van der Waals surface area contributed by atoms with Crippen LogP contribution in [0.5, 0.6) is 0 Å². The molecule has 2 N–H and O–H groups in total. The Labute approximate surface area is 118 Å². The Kier molecular flexibility index (Phi) is 3.93. The van der Waals surface area contributed by atoms with E-state index < -0.39 is 27.4 Å². The number of primary sulfonamides is 1. The van der Waals surface area contributed by atoms with Crippen LogP contribution in [0.15, 0.2) is 21.5 Å². The number of benzene rings is 1. The van der Waals surface area contributed by atoms with E-state index in [1.165, 1.54) is 0 Å². The normalized spacial score (nSPS) is 15.3. The monoisotopic (exact) mass is 351 g/mol. The highest BCUT2D eigenvalue weighted by Gasteiger charge is 2.25. The number of esters is 1. The molecule has 5 nitrogen and oxygen atoms in total. The highest BCUT2D eigenvalue weighted by molar-refractivity contribution is 9.10. The minimum absolute atomic E-state index is 0.0359. The topological polar surface area (TPSA) is 86.5 Å². The molecule has 0 amide bonds. The minimum atomic E-state index is -4.05. The number of ether oxygens (including phenoxy) is 1. The molecule has 0 bridgehead atoms. The summed E-state index contributed by atoms with van der Waals surface area (Å²) < 4.78 is 41.1. The minimum Gasteiger partial charge on any atom is -0.462 e. The molecule has 0 saturated heterocycles. The highest BCUT2D eigenvalue weighted by Crippen LogP contribution is 2.30. The van der Waals surface area contributed by atoms with Gasteiger partial charge in [0.15, 0.2) is 0 Å². The molecule has 1 aromatic carbocycles. The van der Waals surface area contributed by atoms with E-state index in [-0.39, 0.29) is 16.0 Å². The fourth-order valence-electron chi connectivity index (χ4n) is 1.46.